The standard InChI is InChI=1S/C17H23NO2/c1-11(8-16(19)20)14-10-18(5)15-7-6-12(9-13(14)15)17(2,3)4/h6-7,9-11H,8H2,1-5H3,(H,19,20). The number of benzene rings is 1. The zero-order valence-corrected chi connectivity index (χ0v) is 12.9. The molecule has 1 N–H and O–H groups in total. The molecule has 3 nitrogen and oxygen atoms in total. The molecule has 0 aliphatic heterocycles. The topological polar surface area (TPSA) is 42.2 Å². The fourth-order valence-corrected chi connectivity index (χ4v) is 2.65. The van der Waals surface area contributed by atoms with Gasteiger partial charge < -0.3 is 9.67 Å². The van der Waals surface area contributed by atoms with Gasteiger partial charge in [-0.15, -0.1) is 0 Å². The molecule has 0 bridgehead atoms. The molecule has 1 unspecified atom stereocenters. The molecule has 0 aliphatic carbocycles. The van der Waals surface area contributed by atoms with Crippen molar-refractivity contribution in [2.24, 2.45) is 7.05 Å². The molecular weight excluding hydrogens is 250 g/mol. The summed E-state index contributed by atoms with van der Waals surface area (Å²) in [5.41, 5.74) is 3.65. The first kappa shape index (κ1) is 14.6. The second-order valence-electron chi connectivity index (χ2n) is 6.68. The van der Waals surface area contributed by atoms with Gasteiger partial charge in [0.15, 0.2) is 0 Å². The molecule has 2 aromatic rings. The summed E-state index contributed by atoms with van der Waals surface area (Å²) in [6, 6.07) is 6.50. The molecule has 1 atom stereocenters. The van der Waals surface area contributed by atoms with E-state index in [0.717, 1.165) is 11.1 Å². The van der Waals surface area contributed by atoms with Gasteiger partial charge in [0.25, 0.3) is 0 Å². The largest absolute Gasteiger partial charge is 0.481 e. The van der Waals surface area contributed by atoms with Gasteiger partial charge in [-0.1, -0.05) is 33.8 Å². The predicted octanol–water partition coefficient (Wildman–Crippen LogP) is 4.05. The lowest BCUT2D eigenvalue weighted by Crippen LogP contribution is -2.10. The Morgan fingerprint density at radius 3 is 2.55 bits per heavy atom. The normalized spacial score (nSPS) is 13.7. The molecule has 1 heterocycles. The highest BCUT2D eigenvalue weighted by atomic mass is 16.4. The molecule has 1 aromatic heterocycles. The lowest BCUT2D eigenvalue weighted by Gasteiger charge is -2.19. The molecule has 0 aliphatic rings. The van der Waals surface area contributed by atoms with Gasteiger partial charge >= 0.3 is 5.97 Å². The molecule has 0 fully saturated rings. The maximum atomic E-state index is 10.9. The molecule has 0 saturated heterocycles. The second kappa shape index (κ2) is 4.97. The average Bonchev–Trinajstić information content (AvgIpc) is 2.64. The maximum absolute atomic E-state index is 10.9. The van der Waals surface area contributed by atoms with Crippen LogP contribution in [-0.4, -0.2) is 15.6 Å². The lowest BCUT2D eigenvalue weighted by atomic mass is 9.85. The quantitative estimate of drug-likeness (QED) is 0.916. The molecule has 0 saturated carbocycles. The smallest absolute Gasteiger partial charge is 0.303 e. The zero-order valence-electron chi connectivity index (χ0n) is 12.9. The molecule has 20 heavy (non-hydrogen) atoms. The summed E-state index contributed by atoms with van der Waals surface area (Å²) >= 11 is 0. The van der Waals surface area contributed by atoms with Gasteiger partial charge in [-0.3, -0.25) is 4.79 Å². The van der Waals surface area contributed by atoms with Gasteiger partial charge in [-0.25, -0.2) is 0 Å². The van der Waals surface area contributed by atoms with Crippen LogP contribution >= 0.6 is 0 Å². The van der Waals surface area contributed by atoms with Crippen LogP contribution in [0.1, 0.15) is 51.2 Å². The van der Waals surface area contributed by atoms with Gasteiger partial charge in [0.1, 0.15) is 0 Å². The van der Waals surface area contributed by atoms with Crippen molar-refractivity contribution in [1.82, 2.24) is 4.57 Å². The van der Waals surface area contributed by atoms with Crippen molar-refractivity contribution in [3.8, 4) is 0 Å². The summed E-state index contributed by atoms with van der Waals surface area (Å²) < 4.78 is 2.08. The van der Waals surface area contributed by atoms with Crippen LogP contribution in [0.3, 0.4) is 0 Å². The molecule has 108 valence electrons. The highest BCUT2D eigenvalue weighted by Gasteiger charge is 2.19. The Morgan fingerprint density at radius 2 is 2.00 bits per heavy atom. The molecule has 3 heteroatoms. The Kier molecular flexibility index (Phi) is 3.63. The van der Waals surface area contributed by atoms with Crippen LogP contribution in [0.2, 0.25) is 0 Å². The number of hydrogen-bond donors (Lipinski definition) is 1. The molecule has 0 amide bonds. The van der Waals surface area contributed by atoms with Crippen LogP contribution in [0.25, 0.3) is 10.9 Å². The van der Waals surface area contributed by atoms with Crippen LogP contribution < -0.4 is 0 Å². The van der Waals surface area contributed by atoms with Gasteiger partial charge in [-0.2, -0.15) is 0 Å². The van der Waals surface area contributed by atoms with Crippen molar-refractivity contribution in [3.63, 3.8) is 0 Å². The van der Waals surface area contributed by atoms with E-state index in [9.17, 15) is 4.79 Å². The van der Waals surface area contributed by atoms with E-state index >= 15 is 0 Å². The highest BCUT2D eigenvalue weighted by Crippen LogP contribution is 2.33. The minimum Gasteiger partial charge on any atom is -0.481 e. The Hall–Kier alpha value is -1.77. The second-order valence-corrected chi connectivity index (χ2v) is 6.68. The third-order valence-electron chi connectivity index (χ3n) is 3.90. The first-order chi connectivity index (χ1) is 9.20. The van der Waals surface area contributed by atoms with E-state index in [0.29, 0.717) is 0 Å². The summed E-state index contributed by atoms with van der Waals surface area (Å²) in [5, 5.41) is 10.2. The SMILES string of the molecule is CC(CC(=O)O)c1cn(C)c2ccc(C(C)(C)C)cc12. The van der Waals surface area contributed by atoms with E-state index in [-0.39, 0.29) is 17.8 Å². The Labute approximate surface area is 120 Å². The third kappa shape index (κ3) is 2.72. The number of aromatic nitrogens is 1. The van der Waals surface area contributed by atoms with Crippen molar-refractivity contribution in [3.05, 3.63) is 35.5 Å². The van der Waals surface area contributed by atoms with E-state index in [1.807, 2.05) is 14.0 Å². The van der Waals surface area contributed by atoms with E-state index < -0.39 is 5.97 Å². The minimum absolute atomic E-state index is 0.0198. The predicted molar refractivity (Wildman–Crippen MR) is 82.3 cm³/mol. The summed E-state index contributed by atoms with van der Waals surface area (Å²) in [7, 11) is 2.01. The number of nitrogens with zero attached hydrogens (tertiary/aromatic N) is 1. The van der Waals surface area contributed by atoms with E-state index in [1.54, 1.807) is 0 Å². The van der Waals surface area contributed by atoms with Gasteiger partial charge in [-0.05, 0) is 34.6 Å². The van der Waals surface area contributed by atoms with Crippen molar-refractivity contribution in [2.75, 3.05) is 0 Å². The fourth-order valence-electron chi connectivity index (χ4n) is 2.65. The summed E-state index contributed by atoms with van der Waals surface area (Å²) in [6.45, 7) is 8.55. The van der Waals surface area contributed by atoms with Crippen molar-refractivity contribution >= 4 is 16.9 Å². The van der Waals surface area contributed by atoms with Crippen LogP contribution in [0.4, 0.5) is 0 Å². The molecule has 0 spiro atoms. The molecule has 1 aromatic carbocycles. The Balaban J connectivity index is 2.57. The van der Waals surface area contributed by atoms with Crippen molar-refractivity contribution in [1.29, 1.82) is 0 Å². The average molecular weight is 273 g/mol. The van der Waals surface area contributed by atoms with Crippen LogP contribution in [0, 0.1) is 0 Å². The molecular formula is C17H23NO2. The Morgan fingerprint density at radius 1 is 1.35 bits per heavy atom. The number of carbonyl (C=O) groups is 1. The third-order valence-corrected chi connectivity index (χ3v) is 3.90. The first-order valence-corrected chi connectivity index (χ1v) is 7.01. The number of aliphatic carboxylic acids is 1. The maximum Gasteiger partial charge on any atom is 0.303 e. The minimum atomic E-state index is -0.749. The summed E-state index contributed by atoms with van der Waals surface area (Å²) in [6.07, 6.45) is 2.23. The number of carboxylic acids is 1. The monoisotopic (exact) mass is 273 g/mol. The number of carboxylic acid groups (broad SMARTS) is 1. The van der Waals surface area contributed by atoms with Gasteiger partial charge in [0, 0.05) is 24.1 Å². The van der Waals surface area contributed by atoms with Crippen LogP contribution in [0.5, 0.6) is 0 Å². The summed E-state index contributed by atoms with van der Waals surface area (Å²) in [4.78, 5) is 10.9. The zero-order chi connectivity index (χ0) is 15.1. The van der Waals surface area contributed by atoms with Crippen LogP contribution in [-0.2, 0) is 17.3 Å². The van der Waals surface area contributed by atoms with Crippen LogP contribution in [0.15, 0.2) is 24.4 Å². The number of rotatable bonds is 3. The number of hydrogen-bond acceptors (Lipinski definition) is 1. The van der Waals surface area contributed by atoms with E-state index in [2.05, 4.69) is 49.7 Å². The molecule has 0 radical (unpaired) electrons. The van der Waals surface area contributed by atoms with Crippen molar-refractivity contribution < 1.29 is 9.90 Å². The van der Waals surface area contributed by atoms with Gasteiger partial charge in [0.2, 0.25) is 0 Å². The highest BCUT2D eigenvalue weighted by molar-refractivity contribution is 5.86. The lowest BCUT2D eigenvalue weighted by molar-refractivity contribution is -0.137. The summed E-state index contributed by atoms with van der Waals surface area (Å²) in [5.74, 6) is -0.729. The first-order valence-electron chi connectivity index (χ1n) is 7.01. The fraction of sp³-hybridized carbons (Fsp3) is 0.471. The van der Waals surface area contributed by atoms with Gasteiger partial charge in [0.05, 0.1) is 6.42 Å². The number of fused-ring (bicyclic) bond motifs is 1. The Bertz CT molecular complexity index is 647. The molecule has 2 rings (SSSR count). The number of aryl methyl sites for hydroxylation is 1. The van der Waals surface area contributed by atoms with E-state index in [4.69, 9.17) is 5.11 Å². The van der Waals surface area contributed by atoms with Crippen molar-refractivity contribution in [2.45, 2.75) is 45.4 Å². The van der Waals surface area contributed by atoms with E-state index in [1.165, 1.54) is 10.9 Å².